The summed E-state index contributed by atoms with van der Waals surface area (Å²) in [4.78, 5) is 8.15. The van der Waals surface area contributed by atoms with Gasteiger partial charge in [0.1, 0.15) is 5.82 Å². The summed E-state index contributed by atoms with van der Waals surface area (Å²) in [5.74, 6) is 0.721. The van der Waals surface area contributed by atoms with E-state index < -0.39 is 0 Å². The Balaban J connectivity index is 1.66. The fourth-order valence-electron chi connectivity index (χ4n) is 1.75. The van der Waals surface area contributed by atoms with E-state index in [1.807, 2.05) is 53.2 Å². The largest absolute Gasteiger partial charge is 0.306 e. The zero-order chi connectivity index (χ0) is 13.6. The highest BCUT2D eigenvalue weighted by atomic mass is 15.3. The smallest absolute Gasteiger partial charge is 0.146 e. The predicted octanol–water partition coefficient (Wildman–Crippen LogP) is 2.71. The summed E-state index contributed by atoms with van der Waals surface area (Å²) < 4.78 is 1.95. The Kier molecular flexibility index (Phi) is 3.51. The molecule has 0 unspecified atom stereocenters. The van der Waals surface area contributed by atoms with E-state index in [0.29, 0.717) is 0 Å². The Bertz CT molecular complexity index is 672. The van der Waals surface area contributed by atoms with Crippen LogP contribution in [0, 0.1) is 0 Å². The lowest BCUT2D eigenvalue weighted by Crippen LogP contribution is -1.93. The van der Waals surface area contributed by atoms with Crippen LogP contribution in [0.4, 0.5) is 5.82 Å². The summed E-state index contributed by atoms with van der Waals surface area (Å²) in [7, 11) is 0. The fraction of sp³-hybridized carbons (Fsp3) is 0. The third kappa shape index (κ3) is 2.89. The van der Waals surface area contributed by atoms with E-state index in [1.165, 1.54) is 0 Å². The van der Waals surface area contributed by atoms with Crippen LogP contribution in [0.3, 0.4) is 0 Å². The zero-order valence-corrected chi connectivity index (χ0v) is 10.7. The number of hydrazone groups is 1. The Morgan fingerprint density at radius 2 is 1.95 bits per heavy atom. The van der Waals surface area contributed by atoms with Crippen molar-refractivity contribution in [1.82, 2.24) is 14.5 Å². The number of hydrogen-bond donors (Lipinski definition) is 1. The van der Waals surface area contributed by atoms with Gasteiger partial charge in [0.15, 0.2) is 0 Å². The van der Waals surface area contributed by atoms with Gasteiger partial charge in [-0.25, -0.2) is 9.97 Å². The lowest BCUT2D eigenvalue weighted by atomic mass is 10.2. The Hall–Kier alpha value is -2.95. The van der Waals surface area contributed by atoms with Gasteiger partial charge in [0.2, 0.25) is 0 Å². The molecule has 0 atom stereocenters. The second kappa shape index (κ2) is 5.79. The topological polar surface area (TPSA) is 55.1 Å². The second-order valence-electron chi connectivity index (χ2n) is 4.15. The molecule has 2 heterocycles. The third-order valence-electron chi connectivity index (χ3n) is 2.75. The molecule has 1 N–H and O–H groups in total. The minimum atomic E-state index is 0.721. The number of hydrogen-bond acceptors (Lipinski definition) is 4. The molecule has 1 aromatic carbocycles. The molecule has 0 aliphatic carbocycles. The summed E-state index contributed by atoms with van der Waals surface area (Å²) in [5, 5.41) is 4.15. The average Bonchev–Trinajstić information content (AvgIpc) is 3.03. The van der Waals surface area contributed by atoms with Crippen LogP contribution in [-0.4, -0.2) is 20.7 Å². The highest BCUT2D eigenvalue weighted by Gasteiger charge is 1.94. The molecule has 3 rings (SSSR count). The number of pyridine rings is 1. The molecule has 0 spiro atoms. The van der Waals surface area contributed by atoms with Gasteiger partial charge in [0.05, 0.1) is 12.5 Å². The second-order valence-corrected chi connectivity index (χ2v) is 4.15. The van der Waals surface area contributed by atoms with E-state index in [2.05, 4.69) is 20.5 Å². The molecule has 5 nitrogen and oxygen atoms in total. The highest BCUT2D eigenvalue weighted by molar-refractivity contribution is 5.80. The van der Waals surface area contributed by atoms with Gasteiger partial charge in [-0.05, 0) is 29.8 Å². The number of rotatable bonds is 4. The van der Waals surface area contributed by atoms with Gasteiger partial charge in [-0.1, -0.05) is 18.2 Å². The molecule has 0 amide bonds. The van der Waals surface area contributed by atoms with E-state index in [9.17, 15) is 0 Å². The van der Waals surface area contributed by atoms with E-state index in [1.54, 1.807) is 24.9 Å². The first-order valence-electron chi connectivity index (χ1n) is 6.20. The van der Waals surface area contributed by atoms with Crippen LogP contribution >= 0.6 is 0 Å². The van der Waals surface area contributed by atoms with Crippen LogP contribution in [0.5, 0.6) is 0 Å². The molecule has 2 aromatic heterocycles. The van der Waals surface area contributed by atoms with Gasteiger partial charge in [-0.2, -0.15) is 5.10 Å². The molecule has 3 aromatic rings. The van der Waals surface area contributed by atoms with Crippen LogP contribution in [0.2, 0.25) is 0 Å². The van der Waals surface area contributed by atoms with Crippen molar-refractivity contribution in [3.05, 3.63) is 72.9 Å². The van der Waals surface area contributed by atoms with Crippen molar-refractivity contribution < 1.29 is 0 Å². The summed E-state index contributed by atoms with van der Waals surface area (Å²) in [6.45, 7) is 0. The van der Waals surface area contributed by atoms with Crippen molar-refractivity contribution in [2.45, 2.75) is 0 Å². The van der Waals surface area contributed by atoms with Crippen molar-refractivity contribution in [2.24, 2.45) is 5.10 Å². The highest BCUT2D eigenvalue weighted by Crippen LogP contribution is 2.08. The van der Waals surface area contributed by atoms with Crippen LogP contribution in [0.1, 0.15) is 5.56 Å². The van der Waals surface area contributed by atoms with E-state index in [0.717, 1.165) is 17.1 Å². The van der Waals surface area contributed by atoms with Crippen molar-refractivity contribution in [3.8, 4) is 5.69 Å². The molecule has 0 saturated heterocycles. The van der Waals surface area contributed by atoms with E-state index in [4.69, 9.17) is 0 Å². The maximum atomic E-state index is 4.15. The first-order valence-corrected chi connectivity index (χ1v) is 6.20. The van der Waals surface area contributed by atoms with Crippen molar-refractivity contribution in [3.63, 3.8) is 0 Å². The number of benzene rings is 1. The van der Waals surface area contributed by atoms with E-state index >= 15 is 0 Å². The number of aromatic nitrogens is 3. The van der Waals surface area contributed by atoms with Gasteiger partial charge >= 0.3 is 0 Å². The first-order chi connectivity index (χ1) is 9.92. The lowest BCUT2D eigenvalue weighted by Gasteiger charge is -2.02. The summed E-state index contributed by atoms with van der Waals surface area (Å²) in [5.41, 5.74) is 4.96. The van der Waals surface area contributed by atoms with Gasteiger partial charge in [-0.3, -0.25) is 5.43 Å². The van der Waals surface area contributed by atoms with Crippen molar-refractivity contribution in [2.75, 3.05) is 5.43 Å². The molecule has 0 radical (unpaired) electrons. The Morgan fingerprint density at radius 3 is 2.65 bits per heavy atom. The summed E-state index contributed by atoms with van der Waals surface area (Å²) in [6, 6.07) is 13.7. The average molecular weight is 263 g/mol. The molecule has 98 valence electrons. The monoisotopic (exact) mass is 263 g/mol. The van der Waals surface area contributed by atoms with Gasteiger partial charge < -0.3 is 4.57 Å². The number of nitrogens with one attached hydrogen (secondary N) is 1. The van der Waals surface area contributed by atoms with Crippen molar-refractivity contribution >= 4 is 12.0 Å². The standard InChI is InChI=1S/C15H13N5/c1-2-8-17-15(3-1)19-18-11-13-4-6-14(7-5-13)20-10-9-16-12-20/h1-12H,(H,17,19). The molecule has 0 aliphatic rings. The molecular formula is C15H13N5. The SMILES string of the molecule is C(=NNc1ccccn1)c1ccc(-n2ccnc2)cc1. The van der Waals surface area contributed by atoms with Crippen LogP contribution in [-0.2, 0) is 0 Å². The normalized spacial score (nSPS) is 10.8. The summed E-state index contributed by atoms with van der Waals surface area (Å²) in [6.07, 6.45) is 8.91. The Labute approximate surface area is 116 Å². The molecule has 0 aliphatic heterocycles. The number of nitrogens with zero attached hydrogens (tertiary/aromatic N) is 4. The zero-order valence-electron chi connectivity index (χ0n) is 10.7. The Morgan fingerprint density at radius 1 is 1.05 bits per heavy atom. The molecule has 20 heavy (non-hydrogen) atoms. The van der Waals surface area contributed by atoms with Crippen molar-refractivity contribution in [1.29, 1.82) is 0 Å². The molecule has 0 bridgehead atoms. The predicted molar refractivity (Wildman–Crippen MR) is 79.0 cm³/mol. The van der Waals surface area contributed by atoms with Gasteiger partial charge in [-0.15, -0.1) is 0 Å². The fourth-order valence-corrected chi connectivity index (χ4v) is 1.75. The number of anilines is 1. The molecule has 0 saturated carbocycles. The molecule has 0 fully saturated rings. The molecule has 5 heteroatoms. The summed E-state index contributed by atoms with van der Waals surface area (Å²) >= 11 is 0. The van der Waals surface area contributed by atoms with Crippen LogP contribution in [0.25, 0.3) is 5.69 Å². The first kappa shape index (κ1) is 12.1. The van der Waals surface area contributed by atoms with E-state index in [-0.39, 0.29) is 0 Å². The number of imidazole rings is 1. The van der Waals surface area contributed by atoms with Gasteiger partial charge in [0, 0.05) is 24.3 Å². The lowest BCUT2D eigenvalue weighted by molar-refractivity contribution is 1.06. The van der Waals surface area contributed by atoms with Crippen LogP contribution < -0.4 is 5.43 Å². The van der Waals surface area contributed by atoms with Crippen LogP contribution in [0.15, 0.2) is 72.5 Å². The third-order valence-corrected chi connectivity index (χ3v) is 2.75. The minimum Gasteiger partial charge on any atom is -0.306 e. The van der Waals surface area contributed by atoms with Gasteiger partial charge in [0.25, 0.3) is 0 Å². The maximum Gasteiger partial charge on any atom is 0.146 e. The maximum absolute atomic E-state index is 4.15. The quantitative estimate of drug-likeness (QED) is 0.581. The minimum absolute atomic E-state index is 0.721. The molecular weight excluding hydrogens is 250 g/mol.